The molecular formula is C22H23ClN6O. The lowest BCUT2D eigenvalue weighted by Gasteiger charge is -2.35. The Morgan fingerprint density at radius 2 is 1.73 bits per heavy atom. The molecule has 1 aromatic carbocycles. The predicted molar refractivity (Wildman–Crippen MR) is 116 cm³/mol. The molecule has 7 nitrogen and oxygen atoms in total. The summed E-state index contributed by atoms with van der Waals surface area (Å²) in [5.41, 5.74) is 4.64. The highest BCUT2D eigenvalue weighted by atomic mass is 35.5. The van der Waals surface area contributed by atoms with Crippen LogP contribution in [0.1, 0.15) is 34.6 Å². The van der Waals surface area contributed by atoms with E-state index < -0.39 is 0 Å². The van der Waals surface area contributed by atoms with E-state index >= 15 is 0 Å². The van der Waals surface area contributed by atoms with Crippen LogP contribution < -0.4 is 4.90 Å². The number of amides is 1. The number of hydrogen-bond acceptors (Lipinski definition) is 5. The molecule has 0 radical (unpaired) electrons. The third-order valence-electron chi connectivity index (χ3n) is 5.90. The normalized spacial score (nSPS) is 16.4. The van der Waals surface area contributed by atoms with Gasteiger partial charge in [-0.1, -0.05) is 23.7 Å². The quantitative estimate of drug-likeness (QED) is 0.700. The molecule has 1 aliphatic heterocycles. The number of halogens is 1. The second-order valence-electron chi connectivity index (χ2n) is 7.83. The molecule has 0 unspecified atom stereocenters. The van der Waals surface area contributed by atoms with Crippen molar-refractivity contribution in [2.24, 2.45) is 0 Å². The van der Waals surface area contributed by atoms with Gasteiger partial charge in [0.25, 0.3) is 5.91 Å². The number of fused-ring (bicyclic) bond motifs is 1. The summed E-state index contributed by atoms with van der Waals surface area (Å²) in [5, 5.41) is 16.7. The molecule has 5 rings (SSSR count). The van der Waals surface area contributed by atoms with Gasteiger partial charge >= 0.3 is 0 Å². The molecule has 0 spiro atoms. The molecule has 1 N–H and O–H groups in total. The summed E-state index contributed by atoms with van der Waals surface area (Å²) in [6, 6.07) is 11.4. The number of aryl methyl sites for hydroxylation is 2. The molecule has 2 aromatic heterocycles. The van der Waals surface area contributed by atoms with E-state index in [1.165, 1.54) is 18.4 Å². The molecule has 2 aliphatic rings. The highest BCUT2D eigenvalue weighted by Gasteiger charge is 2.25. The van der Waals surface area contributed by atoms with E-state index in [1.807, 2.05) is 29.2 Å². The Bertz CT molecular complexity index is 1060. The zero-order valence-corrected chi connectivity index (χ0v) is 17.4. The summed E-state index contributed by atoms with van der Waals surface area (Å²) < 4.78 is 0. The number of hydrogen-bond donors (Lipinski definition) is 1. The third-order valence-corrected chi connectivity index (χ3v) is 6.15. The first-order valence-corrected chi connectivity index (χ1v) is 10.8. The lowest BCUT2D eigenvalue weighted by Crippen LogP contribution is -2.49. The number of piperazine rings is 1. The zero-order valence-electron chi connectivity index (χ0n) is 16.6. The van der Waals surface area contributed by atoms with Gasteiger partial charge in [-0.05, 0) is 55.5 Å². The predicted octanol–water partition coefficient (Wildman–Crippen LogP) is 3.36. The van der Waals surface area contributed by atoms with Gasteiger partial charge in [0.05, 0.1) is 11.4 Å². The highest BCUT2D eigenvalue weighted by Crippen LogP contribution is 2.24. The molecule has 0 saturated carbocycles. The maximum absolute atomic E-state index is 12.9. The van der Waals surface area contributed by atoms with E-state index in [-0.39, 0.29) is 5.91 Å². The highest BCUT2D eigenvalue weighted by molar-refractivity contribution is 6.30. The number of H-pyrrole nitrogens is 1. The molecule has 3 aromatic rings. The minimum absolute atomic E-state index is 0.0288. The van der Waals surface area contributed by atoms with Gasteiger partial charge in [0.1, 0.15) is 5.69 Å². The van der Waals surface area contributed by atoms with Crippen molar-refractivity contribution < 1.29 is 4.79 Å². The van der Waals surface area contributed by atoms with Crippen LogP contribution in [0.15, 0.2) is 36.4 Å². The Balaban J connectivity index is 1.23. The summed E-state index contributed by atoms with van der Waals surface area (Å²) in [4.78, 5) is 17.0. The Hall–Kier alpha value is -2.93. The number of carbonyl (C=O) groups is 1. The molecule has 0 atom stereocenters. The molecule has 1 amide bonds. The van der Waals surface area contributed by atoms with Crippen molar-refractivity contribution in [3.63, 3.8) is 0 Å². The Morgan fingerprint density at radius 3 is 2.53 bits per heavy atom. The second-order valence-corrected chi connectivity index (χ2v) is 8.27. The molecule has 8 heteroatoms. The number of nitrogens with zero attached hydrogens (tertiary/aromatic N) is 5. The lowest BCUT2D eigenvalue weighted by atomic mass is 9.97. The second kappa shape index (κ2) is 8.07. The number of rotatable bonds is 3. The minimum atomic E-state index is -0.0288. The van der Waals surface area contributed by atoms with Gasteiger partial charge in [0, 0.05) is 36.8 Å². The van der Waals surface area contributed by atoms with Crippen molar-refractivity contribution in [3.05, 3.63) is 58.4 Å². The monoisotopic (exact) mass is 422 g/mol. The number of anilines is 1. The molecule has 1 saturated heterocycles. The van der Waals surface area contributed by atoms with Crippen LogP contribution in [0.2, 0.25) is 5.02 Å². The fourth-order valence-electron chi connectivity index (χ4n) is 4.14. The van der Waals surface area contributed by atoms with Crippen molar-refractivity contribution in [3.8, 4) is 11.3 Å². The summed E-state index contributed by atoms with van der Waals surface area (Å²) >= 11 is 5.95. The maximum Gasteiger partial charge on any atom is 0.272 e. The SMILES string of the molecule is O=C(c1cc(-c2ccc(Cl)cc2)n[nH]1)N1CCN(c2cc3c(nn2)CCCC3)CC1. The van der Waals surface area contributed by atoms with Crippen LogP contribution in [0.4, 0.5) is 5.82 Å². The van der Waals surface area contributed by atoms with E-state index in [4.69, 9.17) is 11.6 Å². The van der Waals surface area contributed by atoms with Gasteiger partial charge in [-0.15, -0.1) is 5.10 Å². The van der Waals surface area contributed by atoms with Gasteiger partial charge in [0.15, 0.2) is 5.82 Å². The first kappa shape index (κ1) is 19.1. The largest absolute Gasteiger partial charge is 0.352 e. The fourth-order valence-corrected chi connectivity index (χ4v) is 4.27. The molecule has 3 heterocycles. The molecule has 30 heavy (non-hydrogen) atoms. The number of aromatic amines is 1. The first-order chi connectivity index (χ1) is 14.7. The summed E-state index contributed by atoms with van der Waals surface area (Å²) in [5.74, 6) is 0.896. The summed E-state index contributed by atoms with van der Waals surface area (Å²) in [6.07, 6.45) is 4.55. The van der Waals surface area contributed by atoms with Crippen molar-refractivity contribution >= 4 is 23.3 Å². The van der Waals surface area contributed by atoms with Crippen LogP contribution >= 0.6 is 11.6 Å². The van der Waals surface area contributed by atoms with Crippen molar-refractivity contribution in [2.75, 3.05) is 31.1 Å². The molecule has 0 bridgehead atoms. The van der Waals surface area contributed by atoms with Gasteiger partial charge < -0.3 is 9.80 Å². The standard InChI is InChI=1S/C22H23ClN6O/c23-17-7-5-15(6-8-17)19-14-20(26-25-19)22(30)29-11-9-28(10-12-29)21-13-16-3-1-2-4-18(16)24-27-21/h5-8,13-14H,1-4,9-12H2,(H,25,26). The van der Waals surface area contributed by atoms with Crippen LogP contribution in [0.25, 0.3) is 11.3 Å². The Morgan fingerprint density at radius 1 is 0.967 bits per heavy atom. The fraction of sp³-hybridized carbons (Fsp3) is 0.364. The van der Waals surface area contributed by atoms with E-state index in [2.05, 4.69) is 31.4 Å². The topological polar surface area (TPSA) is 78.0 Å². The Labute approximate surface area is 180 Å². The molecule has 154 valence electrons. The number of benzene rings is 1. The summed E-state index contributed by atoms with van der Waals surface area (Å²) in [6.45, 7) is 2.79. The van der Waals surface area contributed by atoms with E-state index in [9.17, 15) is 4.79 Å². The van der Waals surface area contributed by atoms with Gasteiger partial charge in [-0.2, -0.15) is 10.2 Å². The van der Waals surface area contributed by atoms with E-state index in [1.54, 1.807) is 6.07 Å². The zero-order chi connectivity index (χ0) is 20.5. The Kier molecular flexibility index (Phi) is 5.12. The number of nitrogens with one attached hydrogen (secondary N) is 1. The van der Waals surface area contributed by atoms with Crippen molar-refractivity contribution in [1.29, 1.82) is 0 Å². The average Bonchev–Trinajstić information content (AvgIpc) is 3.29. The van der Waals surface area contributed by atoms with Crippen LogP contribution in [0.5, 0.6) is 0 Å². The minimum Gasteiger partial charge on any atom is -0.352 e. The van der Waals surface area contributed by atoms with Crippen LogP contribution in [-0.4, -0.2) is 57.4 Å². The summed E-state index contributed by atoms with van der Waals surface area (Å²) in [7, 11) is 0. The van der Waals surface area contributed by atoms with Crippen LogP contribution in [0, 0.1) is 0 Å². The van der Waals surface area contributed by atoms with E-state index in [0.717, 1.165) is 48.7 Å². The van der Waals surface area contributed by atoms with Crippen molar-refractivity contribution in [1.82, 2.24) is 25.3 Å². The van der Waals surface area contributed by atoms with Gasteiger partial charge in [-0.3, -0.25) is 9.89 Å². The smallest absolute Gasteiger partial charge is 0.272 e. The van der Waals surface area contributed by atoms with Gasteiger partial charge in [-0.25, -0.2) is 0 Å². The molecule has 1 aliphatic carbocycles. The number of aromatic nitrogens is 4. The first-order valence-electron chi connectivity index (χ1n) is 10.4. The van der Waals surface area contributed by atoms with Crippen LogP contribution in [0.3, 0.4) is 0 Å². The van der Waals surface area contributed by atoms with Crippen molar-refractivity contribution in [2.45, 2.75) is 25.7 Å². The third kappa shape index (κ3) is 3.77. The van der Waals surface area contributed by atoms with Crippen LogP contribution in [-0.2, 0) is 12.8 Å². The van der Waals surface area contributed by atoms with Gasteiger partial charge in [0.2, 0.25) is 0 Å². The van der Waals surface area contributed by atoms with E-state index in [0.29, 0.717) is 23.8 Å². The maximum atomic E-state index is 12.9. The number of carbonyl (C=O) groups excluding carboxylic acids is 1. The lowest BCUT2D eigenvalue weighted by molar-refractivity contribution is 0.0740. The average molecular weight is 423 g/mol. The molecular weight excluding hydrogens is 400 g/mol. The molecule has 1 fully saturated rings.